The highest BCUT2D eigenvalue weighted by Gasteiger charge is 2.23. The third-order valence-corrected chi connectivity index (χ3v) is 5.22. The molecular formula is C31H41NO11. The van der Waals surface area contributed by atoms with Crippen LogP contribution in [0.5, 0.6) is 17.2 Å². The molecule has 0 aromatic heterocycles. The number of ether oxygens (including phenoxy) is 7. The molecule has 2 aromatic rings. The van der Waals surface area contributed by atoms with Crippen LogP contribution >= 0.6 is 0 Å². The van der Waals surface area contributed by atoms with E-state index in [1.807, 2.05) is 41.5 Å². The summed E-state index contributed by atoms with van der Waals surface area (Å²) in [5, 5.41) is 2.97. The molecule has 0 radical (unpaired) electrons. The van der Waals surface area contributed by atoms with E-state index in [0.29, 0.717) is 11.3 Å². The van der Waals surface area contributed by atoms with E-state index in [-0.39, 0.29) is 55.1 Å². The molecule has 0 aliphatic heterocycles. The topological polar surface area (TPSA) is 145 Å². The third-order valence-electron chi connectivity index (χ3n) is 5.22. The lowest BCUT2D eigenvalue weighted by Crippen LogP contribution is -2.41. The Bertz CT molecular complexity index is 1220. The molecule has 0 fully saturated rings. The lowest BCUT2D eigenvalue weighted by Gasteiger charge is -2.20. The predicted molar refractivity (Wildman–Crippen MR) is 155 cm³/mol. The molecule has 0 aliphatic rings. The highest BCUT2D eigenvalue weighted by atomic mass is 16.7. The molecule has 0 heterocycles. The number of carbonyl (C=O) groups excluding carboxylic acids is 4. The zero-order chi connectivity index (χ0) is 32.0. The van der Waals surface area contributed by atoms with Gasteiger partial charge in [-0.05, 0) is 47.1 Å². The Kier molecular flexibility index (Phi) is 13.3. The third kappa shape index (κ3) is 14.4. The van der Waals surface area contributed by atoms with Crippen LogP contribution in [0.4, 0.5) is 14.4 Å². The van der Waals surface area contributed by atoms with Crippen molar-refractivity contribution in [3.05, 3.63) is 54.1 Å². The second-order valence-electron chi connectivity index (χ2n) is 11.9. The van der Waals surface area contributed by atoms with Crippen molar-refractivity contribution in [2.75, 3.05) is 33.5 Å². The van der Waals surface area contributed by atoms with Crippen LogP contribution in [0, 0.1) is 10.8 Å². The number of hydrogen-bond acceptors (Lipinski definition) is 12. The van der Waals surface area contributed by atoms with E-state index >= 15 is 0 Å². The summed E-state index contributed by atoms with van der Waals surface area (Å²) in [6.07, 6.45) is -2.78. The fourth-order valence-corrected chi connectivity index (χ4v) is 3.23. The van der Waals surface area contributed by atoms with Crippen molar-refractivity contribution < 1.29 is 52.3 Å². The lowest BCUT2D eigenvalue weighted by atomic mass is 9.99. The standard InChI is InChI=1S/C31H41NO11/c1-30(2,3)19-39-28(35)42-24-14-13-21(18-25(24)43-29(36)40-20-31(4,5)6)17-23(26(33)37-7)32-15-16-38-27(34)41-22-11-9-8-10-12-22/h8-14,18,23,32H,15-17,19-20H2,1-7H3/t23-/m0/s1. The van der Waals surface area contributed by atoms with Crippen molar-refractivity contribution in [2.45, 2.75) is 54.0 Å². The van der Waals surface area contributed by atoms with Crippen LogP contribution in [0.25, 0.3) is 0 Å². The summed E-state index contributed by atoms with van der Waals surface area (Å²) in [6, 6.07) is 12.0. The molecule has 0 saturated heterocycles. The summed E-state index contributed by atoms with van der Waals surface area (Å²) in [5.74, 6) is -0.434. The van der Waals surface area contributed by atoms with Crippen LogP contribution in [-0.2, 0) is 30.2 Å². The van der Waals surface area contributed by atoms with Gasteiger partial charge in [-0.15, -0.1) is 0 Å². The normalized spacial score (nSPS) is 12.0. The summed E-state index contributed by atoms with van der Waals surface area (Å²) in [6.45, 7) is 11.5. The SMILES string of the molecule is COC(=O)[C@H](Cc1ccc(OC(=O)OCC(C)(C)C)c(OC(=O)OCC(C)(C)C)c1)NCCOC(=O)Oc1ccccc1. The minimum atomic E-state index is -0.998. The fourth-order valence-electron chi connectivity index (χ4n) is 3.23. The zero-order valence-corrected chi connectivity index (χ0v) is 25.7. The van der Waals surface area contributed by atoms with Crippen molar-refractivity contribution in [1.82, 2.24) is 5.32 Å². The number of para-hydroxylation sites is 1. The van der Waals surface area contributed by atoms with Gasteiger partial charge in [0.15, 0.2) is 11.5 Å². The Hall–Kier alpha value is -4.32. The maximum atomic E-state index is 12.5. The van der Waals surface area contributed by atoms with Crippen molar-refractivity contribution in [2.24, 2.45) is 10.8 Å². The lowest BCUT2D eigenvalue weighted by molar-refractivity contribution is -0.143. The molecule has 0 amide bonds. The van der Waals surface area contributed by atoms with Crippen molar-refractivity contribution in [3.63, 3.8) is 0 Å². The average molecular weight is 604 g/mol. The zero-order valence-electron chi connectivity index (χ0n) is 25.7. The summed E-state index contributed by atoms with van der Waals surface area (Å²) in [7, 11) is 1.24. The highest BCUT2D eigenvalue weighted by molar-refractivity contribution is 5.76. The van der Waals surface area contributed by atoms with Gasteiger partial charge in [-0.1, -0.05) is 65.8 Å². The molecule has 1 N–H and O–H groups in total. The van der Waals surface area contributed by atoms with E-state index < -0.39 is 30.5 Å². The summed E-state index contributed by atoms with van der Waals surface area (Å²) in [5.41, 5.74) is -0.0677. The molecular weight excluding hydrogens is 562 g/mol. The van der Waals surface area contributed by atoms with Gasteiger partial charge in [0.2, 0.25) is 0 Å². The van der Waals surface area contributed by atoms with Crippen LogP contribution in [0.15, 0.2) is 48.5 Å². The van der Waals surface area contributed by atoms with E-state index in [9.17, 15) is 19.2 Å². The van der Waals surface area contributed by atoms with Gasteiger partial charge in [-0.2, -0.15) is 0 Å². The van der Waals surface area contributed by atoms with Crippen molar-refractivity contribution in [3.8, 4) is 17.2 Å². The van der Waals surface area contributed by atoms with Crippen LogP contribution in [-0.4, -0.2) is 64.0 Å². The minimum absolute atomic E-state index is 0.0803. The van der Waals surface area contributed by atoms with E-state index in [1.54, 1.807) is 36.4 Å². The molecule has 0 spiro atoms. The van der Waals surface area contributed by atoms with Crippen LogP contribution in [0.1, 0.15) is 47.1 Å². The molecule has 12 nitrogen and oxygen atoms in total. The maximum Gasteiger partial charge on any atom is 0.513 e. The van der Waals surface area contributed by atoms with Crippen LogP contribution in [0.2, 0.25) is 0 Å². The first-order valence-corrected chi connectivity index (χ1v) is 13.7. The van der Waals surface area contributed by atoms with Gasteiger partial charge in [0.1, 0.15) is 18.4 Å². The molecule has 1 atom stereocenters. The fraction of sp³-hybridized carbons (Fsp3) is 0.484. The van der Waals surface area contributed by atoms with Gasteiger partial charge in [-0.25, -0.2) is 14.4 Å². The van der Waals surface area contributed by atoms with E-state index in [4.69, 9.17) is 33.2 Å². The molecule has 0 saturated carbocycles. The molecule has 0 bridgehead atoms. The number of hydrogen-bond donors (Lipinski definition) is 1. The van der Waals surface area contributed by atoms with Gasteiger partial charge in [0.25, 0.3) is 0 Å². The number of nitrogens with one attached hydrogen (secondary N) is 1. The van der Waals surface area contributed by atoms with Gasteiger partial charge < -0.3 is 38.5 Å². The Balaban J connectivity index is 2.10. The largest absolute Gasteiger partial charge is 0.513 e. The Labute approximate surface area is 251 Å². The molecule has 0 unspecified atom stereocenters. The van der Waals surface area contributed by atoms with E-state index in [0.717, 1.165) is 0 Å². The molecule has 43 heavy (non-hydrogen) atoms. The number of methoxy groups -OCH3 is 1. The predicted octanol–water partition coefficient (Wildman–Crippen LogP) is 5.70. The molecule has 0 aliphatic carbocycles. The highest BCUT2D eigenvalue weighted by Crippen LogP contribution is 2.30. The number of rotatable bonds is 12. The van der Waals surface area contributed by atoms with Crippen molar-refractivity contribution >= 4 is 24.4 Å². The van der Waals surface area contributed by atoms with Gasteiger partial charge >= 0.3 is 24.4 Å². The van der Waals surface area contributed by atoms with Gasteiger partial charge in [0, 0.05) is 6.54 Å². The minimum Gasteiger partial charge on any atom is -0.468 e. The average Bonchev–Trinajstić information content (AvgIpc) is 2.93. The van der Waals surface area contributed by atoms with Crippen LogP contribution in [0.3, 0.4) is 0 Å². The second kappa shape index (κ2) is 16.4. The number of carbonyl (C=O) groups is 4. The Morgan fingerprint density at radius 3 is 1.84 bits per heavy atom. The Morgan fingerprint density at radius 2 is 1.28 bits per heavy atom. The molecule has 2 rings (SSSR count). The van der Waals surface area contributed by atoms with E-state index in [2.05, 4.69) is 5.32 Å². The van der Waals surface area contributed by atoms with Gasteiger partial charge in [-0.3, -0.25) is 4.79 Å². The summed E-state index contributed by atoms with van der Waals surface area (Å²) < 4.78 is 36.0. The number of esters is 1. The smallest absolute Gasteiger partial charge is 0.468 e. The van der Waals surface area contributed by atoms with Crippen molar-refractivity contribution in [1.29, 1.82) is 0 Å². The first-order valence-electron chi connectivity index (χ1n) is 13.7. The Morgan fingerprint density at radius 1 is 0.721 bits per heavy atom. The first-order chi connectivity index (χ1) is 20.1. The quantitative estimate of drug-likeness (QED) is 0.137. The van der Waals surface area contributed by atoms with Crippen LogP contribution < -0.4 is 19.5 Å². The number of benzene rings is 2. The summed E-state index contributed by atoms with van der Waals surface area (Å²) >= 11 is 0. The molecule has 12 heteroatoms. The maximum absolute atomic E-state index is 12.5. The molecule has 2 aromatic carbocycles. The monoisotopic (exact) mass is 603 g/mol. The second-order valence-corrected chi connectivity index (χ2v) is 11.9. The molecule has 236 valence electrons. The van der Waals surface area contributed by atoms with Gasteiger partial charge in [0.05, 0.1) is 20.3 Å². The first kappa shape index (κ1) is 34.9. The summed E-state index contributed by atoms with van der Waals surface area (Å²) in [4.78, 5) is 49.1. The van der Waals surface area contributed by atoms with E-state index in [1.165, 1.54) is 19.2 Å².